The highest BCUT2D eigenvalue weighted by atomic mass is 32.2. The number of nitrogens with zero attached hydrogens (tertiary/aromatic N) is 2. The van der Waals surface area contributed by atoms with E-state index >= 15 is 0 Å². The van der Waals surface area contributed by atoms with Crippen molar-refractivity contribution in [1.82, 2.24) is 14.5 Å². The minimum absolute atomic E-state index is 0.0549. The van der Waals surface area contributed by atoms with Crippen molar-refractivity contribution >= 4 is 15.9 Å². The fourth-order valence-electron chi connectivity index (χ4n) is 3.93. The van der Waals surface area contributed by atoms with Crippen LogP contribution >= 0.6 is 0 Å². The molecule has 0 aromatic heterocycles. The molecule has 3 rings (SSSR count). The van der Waals surface area contributed by atoms with Gasteiger partial charge in [-0.3, -0.25) is 9.69 Å². The third-order valence-corrected chi connectivity index (χ3v) is 6.84. The van der Waals surface area contributed by atoms with Gasteiger partial charge in [0.2, 0.25) is 15.9 Å². The Morgan fingerprint density at radius 2 is 1.70 bits per heavy atom. The van der Waals surface area contributed by atoms with Crippen molar-refractivity contribution in [3.63, 3.8) is 0 Å². The van der Waals surface area contributed by atoms with Crippen LogP contribution in [0, 0.1) is 5.92 Å². The van der Waals surface area contributed by atoms with E-state index in [9.17, 15) is 13.2 Å². The Labute approximate surface area is 163 Å². The number of carbonyl (C=O) groups is 1. The molecule has 2 saturated heterocycles. The molecule has 7 heteroatoms. The number of benzene rings is 1. The van der Waals surface area contributed by atoms with E-state index in [2.05, 4.69) is 34.5 Å². The van der Waals surface area contributed by atoms with E-state index in [4.69, 9.17) is 0 Å². The van der Waals surface area contributed by atoms with Gasteiger partial charge >= 0.3 is 0 Å². The average Bonchev–Trinajstić information content (AvgIpc) is 2.67. The molecule has 1 N–H and O–H groups in total. The van der Waals surface area contributed by atoms with Crippen molar-refractivity contribution in [2.24, 2.45) is 5.92 Å². The third-order valence-electron chi connectivity index (χ3n) is 5.57. The van der Waals surface area contributed by atoms with Gasteiger partial charge < -0.3 is 5.32 Å². The van der Waals surface area contributed by atoms with Crippen LogP contribution < -0.4 is 5.32 Å². The Bertz CT molecular complexity index is 727. The van der Waals surface area contributed by atoms with Gasteiger partial charge in [0.15, 0.2) is 0 Å². The quantitative estimate of drug-likeness (QED) is 0.802. The minimum atomic E-state index is -3.23. The maximum Gasteiger partial charge on any atom is 0.224 e. The molecular formula is C20H31N3O3S. The maximum atomic E-state index is 12.4. The molecule has 0 saturated carbocycles. The van der Waals surface area contributed by atoms with E-state index in [0.717, 1.165) is 24.9 Å². The summed E-state index contributed by atoms with van der Waals surface area (Å²) in [4.78, 5) is 14.9. The van der Waals surface area contributed by atoms with Crippen LogP contribution in [0.3, 0.4) is 0 Å². The SMILES string of the molecule is CS(=O)(=O)N1CCC[C@H](C(=O)NCc2ccc(CN3CCCCC3)cc2)C1. The maximum absolute atomic E-state index is 12.4. The zero-order valence-electron chi connectivity index (χ0n) is 16.2. The van der Waals surface area contributed by atoms with Crippen LogP contribution in [0.2, 0.25) is 0 Å². The average molecular weight is 394 g/mol. The van der Waals surface area contributed by atoms with Crippen molar-refractivity contribution in [1.29, 1.82) is 0 Å². The van der Waals surface area contributed by atoms with Crippen LogP contribution in [0.5, 0.6) is 0 Å². The van der Waals surface area contributed by atoms with Gasteiger partial charge in [-0.05, 0) is 49.9 Å². The molecule has 1 amide bonds. The fraction of sp³-hybridized carbons (Fsp3) is 0.650. The smallest absolute Gasteiger partial charge is 0.224 e. The number of piperidine rings is 2. The van der Waals surface area contributed by atoms with Crippen molar-refractivity contribution < 1.29 is 13.2 Å². The highest BCUT2D eigenvalue weighted by molar-refractivity contribution is 7.88. The highest BCUT2D eigenvalue weighted by Gasteiger charge is 2.29. The Hall–Kier alpha value is -1.44. The molecule has 0 aliphatic carbocycles. The third kappa shape index (κ3) is 6.02. The van der Waals surface area contributed by atoms with Crippen LogP contribution in [-0.2, 0) is 27.9 Å². The Balaban J connectivity index is 1.47. The number of carbonyl (C=O) groups excluding carboxylic acids is 1. The first-order valence-electron chi connectivity index (χ1n) is 9.95. The zero-order chi connectivity index (χ0) is 19.3. The van der Waals surface area contributed by atoms with Gasteiger partial charge in [0.25, 0.3) is 0 Å². The number of sulfonamides is 1. The second-order valence-corrected chi connectivity index (χ2v) is 9.81. The van der Waals surface area contributed by atoms with Crippen LogP contribution in [0.4, 0.5) is 0 Å². The molecule has 2 fully saturated rings. The molecule has 0 unspecified atom stereocenters. The first-order valence-corrected chi connectivity index (χ1v) is 11.8. The van der Waals surface area contributed by atoms with Gasteiger partial charge in [-0.25, -0.2) is 12.7 Å². The largest absolute Gasteiger partial charge is 0.352 e. The van der Waals surface area contributed by atoms with Crippen LogP contribution in [-0.4, -0.2) is 56.0 Å². The molecule has 0 radical (unpaired) electrons. The molecule has 2 heterocycles. The summed E-state index contributed by atoms with van der Waals surface area (Å²) in [6.45, 7) is 4.65. The van der Waals surface area contributed by atoms with E-state index in [-0.39, 0.29) is 11.8 Å². The second kappa shape index (κ2) is 9.17. The Morgan fingerprint density at radius 3 is 2.37 bits per heavy atom. The molecule has 2 aliphatic heterocycles. The summed E-state index contributed by atoms with van der Waals surface area (Å²) in [5, 5.41) is 2.97. The van der Waals surface area contributed by atoms with E-state index in [0.29, 0.717) is 19.6 Å². The summed E-state index contributed by atoms with van der Waals surface area (Å²) in [5.74, 6) is -0.312. The lowest BCUT2D eigenvalue weighted by atomic mass is 9.98. The molecule has 1 aromatic carbocycles. The molecule has 6 nitrogen and oxygen atoms in total. The summed E-state index contributed by atoms with van der Waals surface area (Å²) < 4.78 is 24.8. The van der Waals surface area contributed by atoms with Crippen molar-refractivity contribution in [3.05, 3.63) is 35.4 Å². The van der Waals surface area contributed by atoms with E-state index in [1.54, 1.807) is 0 Å². The molecule has 1 aromatic rings. The molecular weight excluding hydrogens is 362 g/mol. The van der Waals surface area contributed by atoms with Gasteiger partial charge in [-0.1, -0.05) is 30.7 Å². The number of hydrogen-bond donors (Lipinski definition) is 1. The van der Waals surface area contributed by atoms with Gasteiger partial charge in [0, 0.05) is 26.2 Å². The zero-order valence-corrected chi connectivity index (χ0v) is 17.0. The lowest BCUT2D eigenvalue weighted by molar-refractivity contribution is -0.126. The summed E-state index contributed by atoms with van der Waals surface area (Å²) in [5.41, 5.74) is 2.38. The number of likely N-dealkylation sites (tertiary alicyclic amines) is 1. The first kappa shape index (κ1) is 20.3. The Kier molecular flexibility index (Phi) is 6.89. The second-order valence-electron chi connectivity index (χ2n) is 7.83. The standard InChI is InChI=1S/C20H31N3O3S/c1-27(25,26)23-13-5-6-19(16-23)20(24)21-14-17-7-9-18(10-8-17)15-22-11-3-2-4-12-22/h7-10,19H,2-6,11-16H2,1H3,(H,21,24)/t19-/m0/s1. The normalized spacial score (nSPS) is 22.5. The van der Waals surface area contributed by atoms with Crippen molar-refractivity contribution in [3.8, 4) is 0 Å². The lowest BCUT2D eigenvalue weighted by Gasteiger charge is -2.30. The number of hydrogen-bond acceptors (Lipinski definition) is 4. The summed E-state index contributed by atoms with van der Waals surface area (Å²) in [6.07, 6.45) is 6.61. The van der Waals surface area contributed by atoms with Crippen molar-refractivity contribution in [2.45, 2.75) is 45.2 Å². The van der Waals surface area contributed by atoms with Gasteiger partial charge in [-0.2, -0.15) is 0 Å². The van der Waals surface area contributed by atoms with E-state index in [1.807, 2.05) is 0 Å². The molecule has 27 heavy (non-hydrogen) atoms. The summed E-state index contributed by atoms with van der Waals surface area (Å²) >= 11 is 0. The molecule has 0 spiro atoms. The number of amides is 1. The fourth-order valence-corrected chi connectivity index (χ4v) is 4.84. The minimum Gasteiger partial charge on any atom is -0.352 e. The van der Waals surface area contributed by atoms with Crippen molar-refractivity contribution in [2.75, 3.05) is 32.4 Å². The predicted octanol–water partition coefficient (Wildman–Crippen LogP) is 1.96. The summed E-state index contributed by atoms with van der Waals surface area (Å²) in [7, 11) is -3.23. The molecule has 0 bridgehead atoms. The molecule has 2 aliphatic rings. The predicted molar refractivity (Wildman–Crippen MR) is 107 cm³/mol. The monoisotopic (exact) mass is 393 g/mol. The summed E-state index contributed by atoms with van der Waals surface area (Å²) in [6, 6.07) is 8.43. The number of nitrogens with one attached hydrogen (secondary N) is 1. The van der Waals surface area contributed by atoms with Crippen LogP contribution in [0.25, 0.3) is 0 Å². The topological polar surface area (TPSA) is 69.7 Å². The first-order chi connectivity index (χ1) is 12.9. The lowest BCUT2D eigenvalue weighted by Crippen LogP contribution is -2.44. The van der Waals surface area contributed by atoms with Gasteiger partial charge in [0.05, 0.1) is 12.2 Å². The van der Waals surface area contributed by atoms with Gasteiger partial charge in [0.1, 0.15) is 0 Å². The molecule has 1 atom stereocenters. The van der Waals surface area contributed by atoms with E-state index in [1.165, 1.54) is 48.5 Å². The van der Waals surface area contributed by atoms with Crippen LogP contribution in [0.15, 0.2) is 24.3 Å². The highest BCUT2D eigenvalue weighted by Crippen LogP contribution is 2.19. The number of rotatable bonds is 6. The van der Waals surface area contributed by atoms with E-state index < -0.39 is 10.0 Å². The molecule has 150 valence electrons. The van der Waals surface area contributed by atoms with Gasteiger partial charge in [-0.15, -0.1) is 0 Å². The van der Waals surface area contributed by atoms with Crippen LogP contribution in [0.1, 0.15) is 43.2 Å². The Morgan fingerprint density at radius 1 is 1.04 bits per heavy atom.